The summed E-state index contributed by atoms with van der Waals surface area (Å²) in [5.41, 5.74) is -2.66. The van der Waals surface area contributed by atoms with E-state index in [4.69, 9.17) is 0 Å². The number of Topliss-reactive ketones (excluding diaryl/α,β-unsaturated/α-hetero) is 1. The summed E-state index contributed by atoms with van der Waals surface area (Å²) in [7, 11) is -3.50. The quantitative estimate of drug-likeness (QED) is 0.681. The number of hydrogen-bond acceptors (Lipinski definition) is 5. The fourth-order valence-electron chi connectivity index (χ4n) is 1.84. The van der Waals surface area contributed by atoms with E-state index in [-0.39, 0.29) is 12.1 Å². The topological polar surface area (TPSA) is 118 Å². The molecular formula is C11H17N3O5S. The summed E-state index contributed by atoms with van der Waals surface area (Å²) in [6.07, 6.45) is 2.04. The maximum Gasteiger partial charge on any atom is 0.328 e. The molecule has 0 unspecified atom stereocenters. The van der Waals surface area contributed by atoms with Crippen molar-refractivity contribution in [3.05, 3.63) is 32.6 Å². The Morgan fingerprint density at radius 3 is 2.40 bits per heavy atom. The number of sulfonamides is 1. The van der Waals surface area contributed by atoms with Gasteiger partial charge in [-0.25, -0.2) is 17.9 Å². The van der Waals surface area contributed by atoms with Gasteiger partial charge in [0.2, 0.25) is 10.0 Å². The molecule has 0 saturated heterocycles. The van der Waals surface area contributed by atoms with Crippen LogP contribution in [0.5, 0.6) is 0 Å². The molecule has 0 aliphatic heterocycles. The molecule has 0 fully saturated rings. The van der Waals surface area contributed by atoms with Crippen LogP contribution in [-0.4, -0.2) is 35.5 Å². The normalized spacial score (nSPS) is 12.4. The van der Waals surface area contributed by atoms with E-state index < -0.39 is 32.6 Å². The summed E-state index contributed by atoms with van der Waals surface area (Å²) in [6, 6.07) is 0. The first-order chi connectivity index (χ1) is 8.93. The number of aromatic amines is 1. The lowest BCUT2D eigenvalue weighted by Crippen LogP contribution is -2.51. The number of nitrogens with one attached hydrogen (secondary N) is 2. The molecule has 1 heterocycles. The highest BCUT2D eigenvalue weighted by atomic mass is 32.2. The predicted octanol–water partition coefficient (Wildman–Crippen LogP) is -0.933. The van der Waals surface area contributed by atoms with Crippen molar-refractivity contribution < 1.29 is 13.2 Å². The SMILES string of the molecule is CC(=O)c1c[nH]c(=O)n(CC(C)(C)NS(C)(=O)=O)c1=O. The van der Waals surface area contributed by atoms with Gasteiger partial charge in [0.25, 0.3) is 5.56 Å². The van der Waals surface area contributed by atoms with Gasteiger partial charge in [0.15, 0.2) is 5.78 Å². The fraction of sp³-hybridized carbons (Fsp3) is 0.545. The summed E-state index contributed by atoms with van der Waals surface area (Å²) in [5, 5.41) is 0. The van der Waals surface area contributed by atoms with Gasteiger partial charge < -0.3 is 4.98 Å². The zero-order valence-corrected chi connectivity index (χ0v) is 12.5. The molecule has 0 aliphatic carbocycles. The molecule has 8 nitrogen and oxygen atoms in total. The Balaban J connectivity index is 3.29. The summed E-state index contributed by atoms with van der Waals surface area (Å²) < 4.78 is 25.6. The summed E-state index contributed by atoms with van der Waals surface area (Å²) in [4.78, 5) is 37.3. The Labute approximate surface area is 115 Å². The minimum atomic E-state index is -3.50. The Hall–Kier alpha value is -1.74. The molecule has 0 atom stereocenters. The smallest absolute Gasteiger partial charge is 0.313 e. The van der Waals surface area contributed by atoms with E-state index in [2.05, 4.69) is 9.71 Å². The largest absolute Gasteiger partial charge is 0.328 e. The molecule has 1 aromatic heterocycles. The van der Waals surface area contributed by atoms with Crippen LogP contribution >= 0.6 is 0 Å². The number of carbonyl (C=O) groups excluding carboxylic acids is 1. The highest BCUT2D eigenvalue weighted by Crippen LogP contribution is 2.05. The van der Waals surface area contributed by atoms with Gasteiger partial charge in [0.1, 0.15) is 0 Å². The molecule has 2 N–H and O–H groups in total. The van der Waals surface area contributed by atoms with Crippen molar-refractivity contribution in [3.8, 4) is 0 Å². The van der Waals surface area contributed by atoms with Crippen molar-refractivity contribution in [2.75, 3.05) is 6.26 Å². The lowest BCUT2D eigenvalue weighted by Gasteiger charge is -2.25. The molecule has 9 heteroatoms. The second kappa shape index (κ2) is 5.33. The summed E-state index contributed by atoms with van der Waals surface area (Å²) in [5.74, 6) is -0.478. The molecule has 0 aliphatic rings. The van der Waals surface area contributed by atoms with E-state index in [1.807, 2.05) is 0 Å². The van der Waals surface area contributed by atoms with Crippen molar-refractivity contribution >= 4 is 15.8 Å². The number of hydrogen-bond donors (Lipinski definition) is 2. The molecular weight excluding hydrogens is 286 g/mol. The van der Waals surface area contributed by atoms with Crippen molar-refractivity contribution in [2.24, 2.45) is 0 Å². The Morgan fingerprint density at radius 1 is 1.40 bits per heavy atom. The molecule has 112 valence electrons. The molecule has 0 aromatic carbocycles. The molecule has 0 amide bonds. The van der Waals surface area contributed by atoms with Crippen LogP contribution in [0.4, 0.5) is 0 Å². The maximum atomic E-state index is 12.0. The second-order valence-corrected chi connectivity index (χ2v) is 6.96. The second-order valence-electron chi connectivity index (χ2n) is 5.21. The Bertz CT molecular complexity index is 742. The average Bonchev–Trinajstić information content (AvgIpc) is 2.20. The number of nitrogens with zero attached hydrogens (tertiary/aromatic N) is 1. The van der Waals surface area contributed by atoms with Gasteiger partial charge in [0.05, 0.1) is 11.8 Å². The standard InChI is InChI=1S/C11H17N3O5S/c1-7(15)8-5-12-10(17)14(9(8)16)6-11(2,3)13-20(4,18)19/h5,13H,6H2,1-4H3,(H,12,17). The number of H-pyrrole nitrogens is 1. The van der Waals surface area contributed by atoms with E-state index in [9.17, 15) is 22.8 Å². The van der Waals surface area contributed by atoms with Crippen molar-refractivity contribution in [3.63, 3.8) is 0 Å². The number of ketones is 1. The molecule has 0 bridgehead atoms. The molecule has 0 radical (unpaired) electrons. The highest BCUT2D eigenvalue weighted by Gasteiger charge is 2.25. The number of aromatic nitrogens is 2. The van der Waals surface area contributed by atoms with Crippen LogP contribution in [0.2, 0.25) is 0 Å². The predicted molar refractivity (Wildman–Crippen MR) is 73.4 cm³/mol. The lowest BCUT2D eigenvalue weighted by molar-refractivity contribution is 0.101. The third-order valence-corrected chi connectivity index (χ3v) is 3.38. The van der Waals surface area contributed by atoms with Crippen LogP contribution in [-0.2, 0) is 16.6 Å². The first-order valence-electron chi connectivity index (χ1n) is 5.75. The van der Waals surface area contributed by atoms with E-state index >= 15 is 0 Å². The molecule has 0 saturated carbocycles. The van der Waals surface area contributed by atoms with Crippen molar-refractivity contribution in [2.45, 2.75) is 32.9 Å². The Morgan fingerprint density at radius 2 is 1.95 bits per heavy atom. The molecule has 20 heavy (non-hydrogen) atoms. The maximum absolute atomic E-state index is 12.0. The first-order valence-corrected chi connectivity index (χ1v) is 7.64. The van der Waals surface area contributed by atoms with Gasteiger partial charge in [0, 0.05) is 18.3 Å². The van der Waals surface area contributed by atoms with Gasteiger partial charge in [-0.05, 0) is 20.8 Å². The van der Waals surface area contributed by atoms with Gasteiger partial charge in [-0.2, -0.15) is 0 Å². The van der Waals surface area contributed by atoms with Crippen molar-refractivity contribution in [1.82, 2.24) is 14.3 Å². The number of rotatable bonds is 5. The van der Waals surface area contributed by atoms with Gasteiger partial charge in [-0.15, -0.1) is 0 Å². The third-order valence-electron chi connectivity index (χ3n) is 2.46. The number of carbonyl (C=O) groups is 1. The first kappa shape index (κ1) is 16.3. The zero-order valence-electron chi connectivity index (χ0n) is 11.7. The fourth-order valence-corrected chi connectivity index (χ4v) is 2.90. The van der Waals surface area contributed by atoms with E-state index in [1.54, 1.807) is 0 Å². The molecule has 1 aromatic rings. The highest BCUT2D eigenvalue weighted by molar-refractivity contribution is 7.88. The van der Waals surface area contributed by atoms with Crippen LogP contribution in [0.3, 0.4) is 0 Å². The minimum absolute atomic E-state index is 0.153. The zero-order chi connectivity index (χ0) is 15.7. The molecule has 1 rings (SSSR count). The minimum Gasteiger partial charge on any atom is -0.313 e. The Kier molecular flexibility index (Phi) is 4.35. The van der Waals surface area contributed by atoms with Gasteiger partial charge >= 0.3 is 5.69 Å². The monoisotopic (exact) mass is 303 g/mol. The summed E-state index contributed by atoms with van der Waals surface area (Å²) in [6.45, 7) is 4.06. The van der Waals surface area contributed by atoms with Crippen LogP contribution < -0.4 is 16.0 Å². The van der Waals surface area contributed by atoms with Crippen LogP contribution in [0.25, 0.3) is 0 Å². The van der Waals surface area contributed by atoms with Crippen molar-refractivity contribution in [1.29, 1.82) is 0 Å². The van der Waals surface area contributed by atoms with Crippen LogP contribution in [0.1, 0.15) is 31.1 Å². The lowest BCUT2D eigenvalue weighted by atomic mass is 10.1. The third kappa shape index (κ3) is 4.14. The molecule has 0 spiro atoms. The van der Waals surface area contributed by atoms with Crippen LogP contribution in [0, 0.1) is 0 Å². The average molecular weight is 303 g/mol. The van der Waals surface area contributed by atoms with Gasteiger partial charge in [-0.1, -0.05) is 0 Å². The van der Waals surface area contributed by atoms with E-state index in [0.29, 0.717) is 0 Å². The van der Waals surface area contributed by atoms with E-state index in [0.717, 1.165) is 17.0 Å². The summed E-state index contributed by atoms with van der Waals surface area (Å²) >= 11 is 0. The van der Waals surface area contributed by atoms with E-state index in [1.165, 1.54) is 20.8 Å². The van der Waals surface area contributed by atoms with Crippen LogP contribution in [0.15, 0.2) is 15.8 Å². The van der Waals surface area contributed by atoms with Gasteiger partial charge in [-0.3, -0.25) is 14.2 Å².